The zero-order valence-electron chi connectivity index (χ0n) is 6.78. The second-order valence-corrected chi connectivity index (χ2v) is 2.44. The zero-order valence-corrected chi connectivity index (χ0v) is 7.54. The molecule has 0 fully saturated rings. The molecule has 0 atom stereocenters. The molecule has 1 heterocycles. The van der Waals surface area contributed by atoms with Crippen LogP contribution in [0.3, 0.4) is 0 Å². The van der Waals surface area contributed by atoms with Crippen molar-refractivity contribution in [2.75, 3.05) is 25.0 Å². The van der Waals surface area contributed by atoms with E-state index < -0.39 is 0 Å². The van der Waals surface area contributed by atoms with E-state index in [4.69, 9.17) is 22.2 Å². The average molecular weight is 189 g/mol. The van der Waals surface area contributed by atoms with Gasteiger partial charge in [0.05, 0.1) is 19.0 Å². The van der Waals surface area contributed by atoms with Crippen molar-refractivity contribution >= 4 is 23.1 Å². The van der Waals surface area contributed by atoms with E-state index in [2.05, 4.69) is 9.97 Å². The number of hydrogen-bond acceptors (Lipinski definition) is 5. The van der Waals surface area contributed by atoms with Crippen LogP contribution < -0.4 is 10.8 Å². The summed E-state index contributed by atoms with van der Waals surface area (Å²) in [5.74, 6) is 0.456. The number of nitrogens with zero attached hydrogens (tertiary/aromatic N) is 3. The van der Waals surface area contributed by atoms with Crippen molar-refractivity contribution in [2.24, 2.45) is 0 Å². The molecule has 66 valence electrons. The van der Waals surface area contributed by atoms with Crippen molar-refractivity contribution < 1.29 is 4.84 Å². The Kier molecular flexibility index (Phi) is 2.67. The van der Waals surface area contributed by atoms with Gasteiger partial charge in [0.1, 0.15) is 0 Å². The van der Waals surface area contributed by atoms with Gasteiger partial charge >= 0.3 is 0 Å². The minimum absolute atomic E-state index is 0.142. The summed E-state index contributed by atoms with van der Waals surface area (Å²) in [4.78, 5) is 12.5. The molecular formula is C6H9ClN4O. The predicted molar refractivity (Wildman–Crippen MR) is 46.9 cm³/mol. The SMILES string of the molecule is CON(C)c1nc(Cl)ncc1N. The second kappa shape index (κ2) is 3.55. The first-order valence-electron chi connectivity index (χ1n) is 3.21. The van der Waals surface area contributed by atoms with Gasteiger partial charge in [-0.15, -0.1) is 0 Å². The third-order valence-electron chi connectivity index (χ3n) is 1.34. The number of anilines is 2. The molecule has 0 radical (unpaired) electrons. The van der Waals surface area contributed by atoms with Crippen molar-refractivity contribution in [1.82, 2.24) is 9.97 Å². The fourth-order valence-electron chi connectivity index (χ4n) is 0.700. The summed E-state index contributed by atoms with van der Waals surface area (Å²) in [6.07, 6.45) is 1.43. The molecule has 0 saturated carbocycles. The molecule has 12 heavy (non-hydrogen) atoms. The monoisotopic (exact) mass is 188 g/mol. The topological polar surface area (TPSA) is 64.3 Å². The molecular weight excluding hydrogens is 180 g/mol. The molecule has 0 amide bonds. The highest BCUT2D eigenvalue weighted by Crippen LogP contribution is 2.19. The number of halogens is 1. The Morgan fingerprint density at radius 3 is 2.92 bits per heavy atom. The van der Waals surface area contributed by atoms with Gasteiger partial charge in [-0.3, -0.25) is 4.84 Å². The Labute approximate surface area is 75.1 Å². The molecule has 0 saturated heterocycles. The van der Waals surface area contributed by atoms with Crippen molar-refractivity contribution in [3.05, 3.63) is 11.5 Å². The summed E-state index contributed by atoms with van der Waals surface area (Å²) in [5, 5.41) is 1.55. The van der Waals surface area contributed by atoms with Gasteiger partial charge in [-0.25, -0.2) is 10.0 Å². The van der Waals surface area contributed by atoms with E-state index in [0.29, 0.717) is 11.5 Å². The molecule has 2 N–H and O–H groups in total. The van der Waals surface area contributed by atoms with Gasteiger partial charge in [-0.05, 0) is 11.6 Å². The first-order chi connectivity index (χ1) is 5.65. The number of rotatable bonds is 2. The first-order valence-corrected chi connectivity index (χ1v) is 3.58. The van der Waals surface area contributed by atoms with Crippen LogP contribution >= 0.6 is 11.6 Å². The van der Waals surface area contributed by atoms with E-state index in [9.17, 15) is 0 Å². The summed E-state index contributed by atoms with van der Waals surface area (Å²) in [6, 6.07) is 0. The molecule has 0 aliphatic heterocycles. The van der Waals surface area contributed by atoms with Crippen LogP contribution in [0.2, 0.25) is 5.28 Å². The van der Waals surface area contributed by atoms with Crippen molar-refractivity contribution in [3.63, 3.8) is 0 Å². The van der Waals surface area contributed by atoms with Crippen molar-refractivity contribution in [3.8, 4) is 0 Å². The third kappa shape index (κ3) is 1.75. The fourth-order valence-corrected chi connectivity index (χ4v) is 0.829. The summed E-state index contributed by atoms with van der Waals surface area (Å²) in [5.41, 5.74) is 5.98. The maximum Gasteiger partial charge on any atom is 0.224 e. The molecule has 0 unspecified atom stereocenters. The standard InChI is InChI=1S/C6H9ClN4O/c1-11(12-2)5-4(8)3-9-6(7)10-5/h3H,8H2,1-2H3. The molecule has 0 aromatic carbocycles. The normalized spacial score (nSPS) is 9.92. The van der Waals surface area contributed by atoms with E-state index in [1.54, 1.807) is 7.05 Å². The lowest BCUT2D eigenvalue weighted by Crippen LogP contribution is -2.18. The maximum atomic E-state index is 5.56. The number of nitrogens with two attached hydrogens (primary N) is 1. The Morgan fingerprint density at radius 2 is 2.33 bits per heavy atom. The van der Waals surface area contributed by atoms with Gasteiger partial charge in [0.15, 0.2) is 5.82 Å². The molecule has 1 aromatic heterocycles. The van der Waals surface area contributed by atoms with E-state index in [-0.39, 0.29) is 5.28 Å². The summed E-state index contributed by atoms with van der Waals surface area (Å²) in [6.45, 7) is 0. The number of aromatic nitrogens is 2. The number of hydrogen-bond donors (Lipinski definition) is 1. The van der Waals surface area contributed by atoms with Gasteiger partial charge in [0.2, 0.25) is 5.28 Å². The van der Waals surface area contributed by atoms with Crippen LogP contribution in [0.15, 0.2) is 6.20 Å². The Balaban J connectivity index is 3.04. The van der Waals surface area contributed by atoms with Gasteiger partial charge in [0.25, 0.3) is 0 Å². The van der Waals surface area contributed by atoms with E-state index in [1.165, 1.54) is 18.4 Å². The van der Waals surface area contributed by atoms with E-state index in [0.717, 1.165) is 0 Å². The molecule has 6 heteroatoms. The highest BCUT2D eigenvalue weighted by molar-refractivity contribution is 6.28. The van der Waals surface area contributed by atoms with Crippen LogP contribution in [0.5, 0.6) is 0 Å². The van der Waals surface area contributed by atoms with Crippen molar-refractivity contribution in [2.45, 2.75) is 0 Å². The third-order valence-corrected chi connectivity index (χ3v) is 1.52. The quantitative estimate of drug-likeness (QED) is 0.547. The van der Waals surface area contributed by atoms with Crippen LogP contribution in [0.25, 0.3) is 0 Å². The summed E-state index contributed by atoms with van der Waals surface area (Å²) in [7, 11) is 3.18. The highest BCUT2D eigenvalue weighted by atomic mass is 35.5. The van der Waals surface area contributed by atoms with E-state index in [1.807, 2.05) is 0 Å². The fraction of sp³-hybridized carbons (Fsp3) is 0.333. The van der Waals surface area contributed by atoms with Gasteiger partial charge in [-0.2, -0.15) is 4.98 Å². The smallest absolute Gasteiger partial charge is 0.224 e. The average Bonchev–Trinajstić information content (AvgIpc) is 2.08. The number of nitrogen functional groups attached to an aromatic ring is 1. The second-order valence-electron chi connectivity index (χ2n) is 2.10. The maximum absolute atomic E-state index is 5.56. The molecule has 1 aromatic rings. The van der Waals surface area contributed by atoms with Crippen LogP contribution in [0, 0.1) is 0 Å². The Morgan fingerprint density at radius 1 is 1.67 bits per heavy atom. The molecule has 0 aliphatic rings. The van der Waals surface area contributed by atoms with Gasteiger partial charge in [-0.1, -0.05) is 0 Å². The lowest BCUT2D eigenvalue weighted by Gasteiger charge is -2.15. The lowest BCUT2D eigenvalue weighted by atomic mass is 10.5. The van der Waals surface area contributed by atoms with Gasteiger partial charge < -0.3 is 5.73 Å². The van der Waals surface area contributed by atoms with E-state index >= 15 is 0 Å². The highest BCUT2D eigenvalue weighted by Gasteiger charge is 2.07. The molecule has 0 spiro atoms. The summed E-state index contributed by atoms with van der Waals surface area (Å²) < 4.78 is 0. The molecule has 1 rings (SSSR count). The van der Waals surface area contributed by atoms with Crippen LogP contribution in [-0.4, -0.2) is 24.1 Å². The van der Waals surface area contributed by atoms with Crippen LogP contribution in [0.1, 0.15) is 0 Å². The zero-order chi connectivity index (χ0) is 9.14. The molecule has 0 bridgehead atoms. The molecule has 0 aliphatic carbocycles. The van der Waals surface area contributed by atoms with Crippen molar-refractivity contribution in [1.29, 1.82) is 0 Å². The first kappa shape index (κ1) is 9.02. The number of hydroxylamine groups is 1. The van der Waals surface area contributed by atoms with Crippen LogP contribution in [0.4, 0.5) is 11.5 Å². The van der Waals surface area contributed by atoms with Gasteiger partial charge in [0, 0.05) is 7.05 Å². The predicted octanol–water partition coefficient (Wildman–Crippen LogP) is 0.710. The van der Waals surface area contributed by atoms with Crippen LogP contribution in [-0.2, 0) is 4.84 Å². The Bertz CT molecular complexity index is 280. The Hall–Kier alpha value is -1.07. The molecule has 5 nitrogen and oxygen atoms in total. The minimum atomic E-state index is 0.142. The largest absolute Gasteiger partial charge is 0.394 e. The lowest BCUT2D eigenvalue weighted by molar-refractivity contribution is 0.183. The summed E-state index contributed by atoms with van der Waals surface area (Å²) >= 11 is 5.56. The minimum Gasteiger partial charge on any atom is -0.394 e.